The fourth-order valence-corrected chi connectivity index (χ4v) is 2.53. The summed E-state index contributed by atoms with van der Waals surface area (Å²) in [4.78, 5) is 32.1. The van der Waals surface area contributed by atoms with Gasteiger partial charge in [0.2, 0.25) is 0 Å². The van der Waals surface area contributed by atoms with Crippen molar-refractivity contribution >= 4 is 11.9 Å². The average molecular weight is 343 g/mol. The van der Waals surface area contributed by atoms with E-state index >= 15 is 0 Å². The van der Waals surface area contributed by atoms with Gasteiger partial charge in [0.25, 0.3) is 0 Å². The minimum Gasteiger partial charge on any atom is -0.247 e. The summed E-state index contributed by atoms with van der Waals surface area (Å²) >= 11 is 0. The molecule has 4 nitrogen and oxygen atoms in total. The highest BCUT2D eigenvalue weighted by Gasteiger charge is 2.09. The lowest BCUT2D eigenvalue weighted by atomic mass is 10.0. The van der Waals surface area contributed by atoms with Crippen LogP contribution < -0.4 is 0 Å². The van der Waals surface area contributed by atoms with Gasteiger partial charge in [-0.05, 0) is 24.7 Å². The minimum absolute atomic E-state index is 0.324. The van der Waals surface area contributed by atoms with Gasteiger partial charge >= 0.3 is 11.9 Å². The molecular weight excluding hydrogens is 304 g/mol. The SMILES string of the molecule is CC(C)CCCCCCC(=O)OOC(=O)CCCCCCC(C)C. The van der Waals surface area contributed by atoms with Crippen LogP contribution in [0.25, 0.3) is 0 Å². The third-order valence-electron chi connectivity index (χ3n) is 4.05. The van der Waals surface area contributed by atoms with E-state index in [1.807, 2.05) is 0 Å². The average Bonchev–Trinajstić information content (AvgIpc) is 2.51. The summed E-state index contributed by atoms with van der Waals surface area (Å²) in [5.41, 5.74) is 0. The normalized spacial score (nSPS) is 11.1. The molecule has 0 unspecified atom stereocenters. The highest BCUT2D eigenvalue weighted by molar-refractivity contribution is 5.72. The third-order valence-corrected chi connectivity index (χ3v) is 4.05. The Hall–Kier alpha value is -1.06. The van der Waals surface area contributed by atoms with Crippen LogP contribution in [0.3, 0.4) is 0 Å². The molecule has 0 aromatic heterocycles. The largest absolute Gasteiger partial charge is 0.355 e. The number of unbranched alkanes of at least 4 members (excludes halogenated alkanes) is 6. The predicted molar refractivity (Wildman–Crippen MR) is 97.3 cm³/mol. The Kier molecular flexibility index (Phi) is 14.8. The Balaban J connectivity index is 3.40. The van der Waals surface area contributed by atoms with Crippen molar-refractivity contribution in [2.75, 3.05) is 0 Å². The zero-order valence-corrected chi connectivity index (χ0v) is 16.3. The molecule has 0 atom stereocenters. The second-order valence-corrected chi connectivity index (χ2v) is 7.60. The van der Waals surface area contributed by atoms with Gasteiger partial charge in [0.1, 0.15) is 0 Å². The van der Waals surface area contributed by atoms with Gasteiger partial charge in [0, 0.05) is 0 Å². The quantitative estimate of drug-likeness (QED) is 0.221. The smallest absolute Gasteiger partial charge is 0.247 e. The molecule has 0 aliphatic rings. The predicted octanol–water partition coefficient (Wildman–Crippen LogP) is 5.98. The third kappa shape index (κ3) is 17.3. The van der Waals surface area contributed by atoms with Crippen molar-refractivity contribution in [3.63, 3.8) is 0 Å². The van der Waals surface area contributed by atoms with Gasteiger partial charge in [-0.25, -0.2) is 19.4 Å². The summed E-state index contributed by atoms with van der Waals surface area (Å²) < 4.78 is 0. The van der Waals surface area contributed by atoms with Gasteiger partial charge in [-0.1, -0.05) is 79.1 Å². The Bertz CT molecular complexity index is 292. The van der Waals surface area contributed by atoms with E-state index in [2.05, 4.69) is 37.5 Å². The summed E-state index contributed by atoms with van der Waals surface area (Å²) in [6.07, 6.45) is 11.4. The van der Waals surface area contributed by atoms with Crippen molar-refractivity contribution < 1.29 is 19.4 Å². The first-order valence-electron chi connectivity index (χ1n) is 9.82. The molecule has 0 aromatic rings. The molecule has 0 saturated carbocycles. The fourth-order valence-electron chi connectivity index (χ4n) is 2.53. The van der Waals surface area contributed by atoms with Crippen molar-refractivity contribution in [3.05, 3.63) is 0 Å². The van der Waals surface area contributed by atoms with Crippen molar-refractivity contribution in [3.8, 4) is 0 Å². The van der Waals surface area contributed by atoms with Crippen molar-refractivity contribution in [2.24, 2.45) is 11.8 Å². The van der Waals surface area contributed by atoms with Crippen molar-refractivity contribution in [1.82, 2.24) is 0 Å². The zero-order valence-electron chi connectivity index (χ0n) is 16.3. The molecule has 0 fully saturated rings. The highest BCUT2D eigenvalue weighted by atomic mass is 17.2. The van der Waals surface area contributed by atoms with E-state index in [0.717, 1.165) is 50.4 Å². The summed E-state index contributed by atoms with van der Waals surface area (Å²) in [6.45, 7) is 8.88. The molecule has 0 aliphatic carbocycles. The topological polar surface area (TPSA) is 52.6 Å². The molecule has 0 rings (SSSR count). The van der Waals surface area contributed by atoms with E-state index in [-0.39, 0.29) is 0 Å². The zero-order chi connectivity index (χ0) is 18.2. The van der Waals surface area contributed by atoms with Gasteiger partial charge in [0.05, 0.1) is 12.8 Å². The number of carbonyl (C=O) groups excluding carboxylic acids is 2. The first kappa shape index (κ1) is 22.9. The maximum atomic E-state index is 11.5. The van der Waals surface area contributed by atoms with Crippen LogP contribution in [0.4, 0.5) is 0 Å². The molecule has 0 radical (unpaired) electrons. The molecule has 0 aliphatic heterocycles. The van der Waals surface area contributed by atoms with Gasteiger partial charge in [0.15, 0.2) is 0 Å². The molecule has 4 heteroatoms. The number of hydrogen-bond donors (Lipinski definition) is 0. The van der Waals surface area contributed by atoms with E-state index < -0.39 is 11.9 Å². The summed E-state index contributed by atoms with van der Waals surface area (Å²) in [6, 6.07) is 0. The molecule has 0 spiro atoms. The van der Waals surface area contributed by atoms with E-state index in [9.17, 15) is 9.59 Å². The Morgan fingerprint density at radius 1 is 0.583 bits per heavy atom. The van der Waals surface area contributed by atoms with Gasteiger partial charge in [-0.2, -0.15) is 0 Å². The standard InChI is InChI=1S/C20H38O4/c1-17(2)13-9-5-7-11-15-19(21)23-24-20(22)16-12-8-6-10-14-18(3)4/h17-18H,5-16H2,1-4H3. The van der Waals surface area contributed by atoms with Crippen molar-refractivity contribution in [1.29, 1.82) is 0 Å². The molecule has 0 bridgehead atoms. The van der Waals surface area contributed by atoms with E-state index in [1.165, 1.54) is 25.7 Å². The van der Waals surface area contributed by atoms with Crippen LogP contribution >= 0.6 is 0 Å². The molecule has 0 amide bonds. The van der Waals surface area contributed by atoms with Crippen LogP contribution in [-0.2, 0) is 19.4 Å². The van der Waals surface area contributed by atoms with Crippen LogP contribution in [0, 0.1) is 11.8 Å². The molecule has 0 saturated heterocycles. The summed E-state index contributed by atoms with van der Waals surface area (Å²) in [7, 11) is 0. The van der Waals surface area contributed by atoms with Crippen LogP contribution in [0.5, 0.6) is 0 Å². The van der Waals surface area contributed by atoms with Crippen LogP contribution in [0.1, 0.15) is 105 Å². The van der Waals surface area contributed by atoms with E-state index in [1.54, 1.807) is 0 Å². The summed E-state index contributed by atoms with van der Waals surface area (Å²) in [5.74, 6) is 0.599. The summed E-state index contributed by atoms with van der Waals surface area (Å²) in [5, 5.41) is 0. The molecule has 24 heavy (non-hydrogen) atoms. The Morgan fingerprint density at radius 2 is 0.917 bits per heavy atom. The lowest BCUT2D eigenvalue weighted by Gasteiger charge is -2.05. The fraction of sp³-hybridized carbons (Fsp3) is 0.900. The maximum Gasteiger partial charge on any atom is 0.355 e. The van der Waals surface area contributed by atoms with Crippen LogP contribution in [0.15, 0.2) is 0 Å². The maximum absolute atomic E-state index is 11.5. The first-order chi connectivity index (χ1) is 11.4. The number of carbonyl (C=O) groups is 2. The second kappa shape index (κ2) is 15.5. The lowest BCUT2D eigenvalue weighted by molar-refractivity contribution is -0.259. The highest BCUT2D eigenvalue weighted by Crippen LogP contribution is 2.12. The number of rotatable bonds is 14. The number of hydrogen-bond acceptors (Lipinski definition) is 4. The second-order valence-electron chi connectivity index (χ2n) is 7.60. The van der Waals surface area contributed by atoms with E-state index in [0.29, 0.717) is 12.8 Å². The minimum atomic E-state index is -0.441. The monoisotopic (exact) mass is 342 g/mol. The van der Waals surface area contributed by atoms with E-state index in [4.69, 9.17) is 0 Å². The van der Waals surface area contributed by atoms with Crippen LogP contribution in [-0.4, -0.2) is 11.9 Å². The van der Waals surface area contributed by atoms with Crippen molar-refractivity contribution in [2.45, 2.75) is 105 Å². The van der Waals surface area contributed by atoms with Gasteiger partial charge in [-0.3, -0.25) is 0 Å². The molecule has 0 aromatic carbocycles. The first-order valence-corrected chi connectivity index (χ1v) is 9.82. The molecule has 0 heterocycles. The Morgan fingerprint density at radius 3 is 1.25 bits per heavy atom. The molecule has 142 valence electrons. The molecule has 0 N–H and O–H groups in total. The van der Waals surface area contributed by atoms with Gasteiger partial charge in [-0.15, -0.1) is 0 Å². The van der Waals surface area contributed by atoms with Gasteiger partial charge < -0.3 is 0 Å². The molecular formula is C20H38O4. The Labute approximate surface area is 148 Å². The van der Waals surface area contributed by atoms with Crippen LogP contribution in [0.2, 0.25) is 0 Å². The lowest BCUT2D eigenvalue weighted by Crippen LogP contribution is -2.11.